The number of halogens is 1. The summed E-state index contributed by atoms with van der Waals surface area (Å²) < 4.78 is 41.3. The maximum atomic E-state index is 12.9. The highest BCUT2D eigenvalue weighted by molar-refractivity contribution is 7.90. The molecule has 2 aromatic carbocycles. The standard InChI is InChI=1S/C19H20FNO5S/c1-12-4-9-16(27(3,24)25)10-17(12)19(23)26-13(2)18(22)21-11-14-5-7-15(20)8-6-14/h4-10,13H,11H2,1-3H3,(H,21,22)/t13-/m1/s1. The Hall–Kier alpha value is -2.74. The summed E-state index contributed by atoms with van der Waals surface area (Å²) >= 11 is 0. The van der Waals surface area contributed by atoms with E-state index in [1.807, 2.05) is 0 Å². The number of benzene rings is 2. The van der Waals surface area contributed by atoms with Gasteiger partial charge in [-0.1, -0.05) is 18.2 Å². The molecule has 6 nitrogen and oxygen atoms in total. The lowest BCUT2D eigenvalue weighted by Gasteiger charge is -2.15. The second-order valence-corrected chi connectivity index (χ2v) is 8.16. The van der Waals surface area contributed by atoms with Gasteiger partial charge in [-0.25, -0.2) is 17.6 Å². The van der Waals surface area contributed by atoms with E-state index in [0.29, 0.717) is 11.1 Å². The summed E-state index contributed by atoms with van der Waals surface area (Å²) in [4.78, 5) is 24.4. The number of hydrogen-bond donors (Lipinski definition) is 1. The molecule has 27 heavy (non-hydrogen) atoms. The highest BCUT2D eigenvalue weighted by Crippen LogP contribution is 2.17. The Kier molecular flexibility index (Phi) is 6.32. The van der Waals surface area contributed by atoms with E-state index in [-0.39, 0.29) is 22.8 Å². The zero-order valence-electron chi connectivity index (χ0n) is 15.2. The van der Waals surface area contributed by atoms with Crippen molar-refractivity contribution >= 4 is 21.7 Å². The molecule has 0 bridgehead atoms. The number of sulfone groups is 1. The number of aryl methyl sites for hydroxylation is 1. The molecular formula is C19H20FNO5S. The first-order chi connectivity index (χ1) is 12.6. The van der Waals surface area contributed by atoms with Crippen molar-refractivity contribution in [2.45, 2.75) is 31.4 Å². The first kappa shape index (κ1) is 20.6. The minimum atomic E-state index is -3.48. The van der Waals surface area contributed by atoms with Crippen molar-refractivity contribution in [2.24, 2.45) is 0 Å². The summed E-state index contributed by atoms with van der Waals surface area (Å²) in [5.41, 5.74) is 1.31. The summed E-state index contributed by atoms with van der Waals surface area (Å²) in [6.45, 7) is 3.21. The number of esters is 1. The smallest absolute Gasteiger partial charge is 0.339 e. The van der Waals surface area contributed by atoms with E-state index in [4.69, 9.17) is 4.74 Å². The van der Waals surface area contributed by atoms with Gasteiger partial charge in [0.05, 0.1) is 10.5 Å². The number of carbonyl (C=O) groups excluding carboxylic acids is 2. The van der Waals surface area contributed by atoms with Crippen LogP contribution in [0, 0.1) is 12.7 Å². The molecule has 0 saturated heterocycles. The molecule has 1 atom stereocenters. The Morgan fingerprint density at radius 1 is 1.15 bits per heavy atom. The van der Waals surface area contributed by atoms with Crippen LogP contribution in [0.3, 0.4) is 0 Å². The molecule has 1 amide bonds. The van der Waals surface area contributed by atoms with Crippen LogP contribution in [0.15, 0.2) is 47.4 Å². The van der Waals surface area contributed by atoms with Crippen LogP contribution < -0.4 is 5.32 Å². The quantitative estimate of drug-likeness (QED) is 0.761. The molecule has 0 aliphatic heterocycles. The van der Waals surface area contributed by atoms with Crippen LogP contribution in [-0.2, 0) is 25.9 Å². The summed E-state index contributed by atoms with van der Waals surface area (Å²) in [6, 6.07) is 9.77. The van der Waals surface area contributed by atoms with Crippen molar-refractivity contribution in [3.63, 3.8) is 0 Å². The van der Waals surface area contributed by atoms with Crippen molar-refractivity contribution in [3.8, 4) is 0 Å². The first-order valence-electron chi connectivity index (χ1n) is 8.12. The van der Waals surface area contributed by atoms with Gasteiger partial charge in [-0.15, -0.1) is 0 Å². The van der Waals surface area contributed by atoms with Crippen LogP contribution in [0.1, 0.15) is 28.4 Å². The molecule has 0 saturated carbocycles. The fourth-order valence-corrected chi connectivity index (χ4v) is 2.91. The van der Waals surface area contributed by atoms with Crippen molar-refractivity contribution < 1.29 is 27.1 Å². The molecular weight excluding hydrogens is 373 g/mol. The molecule has 0 radical (unpaired) electrons. The van der Waals surface area contributed by atoms with Crippen LogP contribution >= 0.6 is 0 Å². The van der Waals surface area contributed by atoms with Gasteiger partial charge in [-0.2, -0.15) is 0 Å². The fourth-order valence-electron chi connectivity index (χ4n) is 2.26. The Labute approximate surface area is 157 Å². The van der Waals surface area contributed by atoms with E-state index >= 15 is 0 Å². The maximum Gasteiger partial charge on any atom is 0.339 e. The van der Waals surface area contributed by atoms with Gasteiger partial charge in [0.2, 0.25) is 0 Å². The lowest BCUT2D eigenvalue weighted by molar-refractivity contribution is -0.129. The van der Waals surface area contributed by atoms with E-state index in [9.17, 15) is 22.4 Å². The number of ether oxygens (including phenoxy) is 1. The third kappa shape index (κ3) is 5.62. The molecule has 0 unspecified atom stereocenters. The lowest BCUT2D eigenvalue weighted by atomic mass is 10.1. The number of carbonyl (C=O) groups is 2. The molecule has 1 N–H and O–H groups in total. The second-order valence-electron chi connectivity index (χ2n) is 6.14. The van der Waals surface area contributed by atoms with Gasteiger partial charge in [0.1, 0.15) is 5.82 Å². The van der Waals surface area contributed by atoms with Crippen LogP contribution in [0.5, 0.6) is 0 Å². The van der Waals surface area contributed by atoms with E-state index in [2.05, 4.69) is 5.32 Å². The van der Waals surface area contributed by atoms with Crippen molar-refractivity contribution in [2.75, 3.05) is 6.26 Å². The van der Waals surface area contributed by atoms with Crippen LogP contribution in [0.4, 0.5) is 4.39 Å². The first-order valence-corrected chi connectivity index (χ1v) is 10.0. The van der Waals surface area contributed by atoms with Crippen LogP contribution in [-0.4, -0.2) is 32.7 Å². The van der Waals surface area contributed by atoms with E-state index in [1.54, 1.807) is 6.92 Å². The highest BCUT2D eigenvalue weighted by atomic mass is 32.2. The van der Waals surface area contributed by atoms with Crippen LogP contribution in [0.2, 0.25) is 0 Å². The monoisotopic (exact) mass is 393 g/mol. The Morgan fingerprint density at radius 2 is 1.78 bits per heavy atom. The van der Waals surface area contributed by atoms with E-state index in [0.717, 1.165) is 6.26 Å². The summed E-state index contributed by atoms with van der Waals surface area (Å²) in [5.74, 6) is -1.69. The zero-order valence-corrected chi connectivity index (χ0v) is 16.0. The molecule has 2 aromatic rings. The van der Waals surface area contributed by atoms with Gasteiger partial charge in [-0.3, -0.25) is 4.79 Å². The van der Waals surface area contributed by atoms with E-state index in [1.165, 1.54) is 49.4 Å². The maximum absolute atomic E-state index is 12.9. The predicted octanol–water partition coefficient (Wildman–Crippen LogP) is 2.40. The predicted molar refractivity (Wildman–Crippen MR) is 97.4 cm³/mol. The molecule has 0 aliphatic carbocycles. The largest absolute Gasteiger partial charge is 0.449 e. The third-order valence-corrected chi connectivity index (χ3v) is 5.00. The molecule has 0 aromatic heterocycles. The molecule has 0 aliphatic rings. The minimum absolute atomic E-state index is 0.00605. The normalized spacial score (nSPS) is 12.3. The topological polar surface area (TPSA) is 89.5 Å². The summed E-state index contributed by atoms with van der Waals surface area (Å²) in [6.07, 6.45) is -0.0441. The molecule has 0 spiro atoms. The Balaban J connectivity index is 2.02. The number of hydrogen-bond acceptors (Lipinski definition) is 5. The third-order valence-electron chi connectivity index (χ3n) is 3.89. The van der Waals surface area contributed by atoms with Gasteiger partial charge in [0.25, 0.3) is 5.91 Å². The number of nitrogens with one attached hydrogen (secondary N) is 1. The summed E-state index contributed by atoms with van der Waals surface area (Å²) in [5, 5.41) is 2.59. The lowest BCUT2D eigenvalue weighted by Crippen LogP contribution is -2.35. The van der Waals surface area contributed by atoms with Gasteiger partial charge >= 0.3 is 5.97 Å². The van der Waals surface area contributed by atoms with E-state index < -0.39 is 27.8 Å². The Bertz CT molecular complexity index is 955. The zero-order chi connectivity index (χ0) is 20.2. The van der Waals surface area contributed by atoms with Crippen molar-refractivity contribution in [1.29, 1.82) is 0 Å². The van der Waals surface area contributed by atoms with Gasteiger partial charge in [0.15, 0.2) is 15.9 Å². The minimum Gasteiger partial charge on any atom is -0.449 e. The molecule has 8 heteroatoms. The van der Waals surface area contributed by atoms with Gasteiger partial charge in [0, 0.05) is 12.8 Å². The SMILES string of the molecule is Cc1ccc(S(C)(=O)=O)cc1C(=O)O[C@H](C)C(=O)NCc1ccc(F)cc1. The highest BCUT2D eigenvalue weighted by Gasteiger charge is 2.21. The van der Waals surface area contributed by atoms with Gasteiger partial charge < -0.3 is 10.1 Å². The fraction of sp³-hybridized carbons (Fsp3) is 0.263. The molecule has 0 heterocycles. The summed E-state index contributed by atoms with van der Waals surface area (Å²) in [7, 11) is -3.48. The number of amides is 1. The van der Waals surface area contributed by atoms with Crippen molar-refractivity contribution in [1.82, 2.24) is 5.32 Å². The molecule has 0 fully saturated rings. The molecule has 2 rings (SSSR count). The number of rotatable bonds is 6. The average Bonchev–Trinajstić information content (AvgIpc) is 2.60. The average molecular weight is 393 g/mol. The second kappa shape index (κ2) is 8.30. The van der Waals surface area contributed by atoms with Crippen LogP contribution in [0.25, 0.3) is 0 Å². The van der Waals surface area contributed by atoms with Crippen molar-refractivity contribution in [3.05, 3.63) is 65.0 Å². The molecule has 144 valence electrons. The Morgan fingerprint density at radius 3 is 2.37 bits per heavy atom. The van der Waals surface area contributed by atoms with Gasteiger partial charge in [-0.05, 0) is 49.2 Å².